The summed E-state index contributed by atoms with van der Waals surface area (Å²) >= 11 is 0. The summed E-state index contributed by atoms with van der Waals surface area (Å²) in [5.74, 6) is 2.19. The smallest absolute Gasteiger partial charge is 0.212 e. The molecule has 0 bridgehead atoms. The molecule has 0 saturated carbocycles. The van der Waals surface area contributed by atoms with Crippen molar-refractivity contribution in [1.29, 1.82) is 0 Å². The van der Waals surface area contributed by atoms with Gasteiger partial charge >= 0.3 is 0 Å². The highest BCUT2D eigenvalue weighted by Gasteiger charge is 2.25. The van der Waals surface area contributed by atoms with Crippen molar-refractivity contribution in [3.63, 3.8) is 0 Å². The number of nitrogens with zero attached hydrogens (tertiary/aromatic N) is 1. The van der Waals surface area contributed by atoms with E-state index in [1.165, 1.54) is 6.42 Å². The van der Waals surface area contributed by atoms with Crippen LogP contribution < -0.4 is 5.32 Å². The second-order valence-corrected chi connectivity index (χ2v) is 5.43. The predicted molar refractivity (Wildman–Crippen MR) is 76.0 cm³/mol. The highest BCUT2D eigenvalue weighted by atomic mass is 16.4. The Morgan fingerprint density at radius 2 is 2.05 bits per heavy atom. The first-order valence-electron chi connectivity index (χ1n) is 7.05. The van der Waals surface area contributed by atoms with Crippen molar-refractivity contribution in [2.45, 2.75) is 38.6 Å². The van der Waals surface area contributed by atoms with Crippen LogP contribution in [-0.4, -0.2) is 11.5 Å². The molecule has 0 amide bonds. The fourth-order valence-corrected chi connectivity index (χ4v) is 2.59. The van der Waals surface area contributed by atoms with Gasteiger partial charge in [0.05, 0.1) is 6.04 Å². The van der Waals surface area contributed by atoms with Crippen molar-refractivity contribution in [3.05, 3.63) is 42.0 Å². The summed E-state index contributed by atoms with van der Waals surface area (Å²) in [6.45, 7) is 5.36. The maximum Gasteiger partial charge on any atom is 0.212 e. The number of oxazole rings is 1. The molecular formula is C16H20N2O. The minimum absolute atomic E-state index is 0.287. The number of benzene rings is 1. The van der Waals surface area contributed by atoms with E-state index in [0.29, 0.717) is 5.92 Å². The highest BCUT2D eigenvalue weighted by molar-refractivity contribution is 5.61. The van der Waals surface area contributed by atoms with Crippen molar-refractivity contribution in [2.75, 3.05) is 6.54 Å². The number of hydrogen-bond donors (Lipinski definition) is 1. The lowest BCUT2D eigenvalue weighted by molar-refractivity contribution is 0.394. The van der Waals surface area contributed by atoms with E-state index in [4.69, 9.17) is 9.40 Å². The molecule has 1 fully saturated rings. The van der Waals surface area contributed by atoms with Crippen LogP contribution in [0.5, 0.6) is 0 Å². The van der Waals surface area contributed by atoms with Gasteiger partial charge in [0.2, 0.25) is 5.89 Å². The Labute approximate surface area is 114 Å². The SMILES string of the molecule is CC(C)c1oc([C@H]2CCCN2)nc1-c1ccccc1. The second kappa shape index (κ2) is 5.17. The fourth-order valence-electron chi connectivity index (χ4n) is 2.59. The van der Waals surface area contributed by atoms with Gasteiger partial charge in [0, 0.05) is 11.5 Å². The summed E-state index contributed by atoms with van der Waals surface area (Å²) in [7, 11) is 0. The summed E-state index contributed by atoms with van der Waals surface area (Å²) in [5.41, 5.74) is 2.14. The zero-order valence-electron chi connectivity index (χ0n) is 11.5. The minimum atomic E-state index is 0.287. The van der Waals surface area contributed by atoms with Crippen molar-refractivity contribution in [1.82, 2.24) is 10.3 Å². The standard InChI is InChI=1S/C16H20N2O/c1-11(2)15-14(12-7-4-3-5-8-12)18-16(19-15)13-9-6-10-17-13/h3-5,7-8,11,13,17H,6,9-10H2,1-2H3/t13-/m1/s1. The van der Waals surface area contributed by atoms with Gasteiger partial charge in [-0.05, 0) is 19.4 Å². The Morgan fingerprint density at radius 3 is 2.68 bits per heavy atom. The van der Waals surface area contributed by atoms with Gasteiger partial charge in [0.1, 0.15) is 11.5 Å². The van der Waals surface area contributed by atoms with E-state index in [1.54, 1.807) is 0 Å². The summed E-state index contributed by atoms with van der Waals surface area (Å²) in [6, 6.07) is 10.6. The predicted octanol–water partition coefficient (Wildman–Crippen LogP) is 3.89. The lowest BCUT2D eigenvalue weighted by atomic mass is 10.0. The molecule has 1 aliphatic heterocycles. The zero-order valence-corrected chi connectivity index (χ0v) is 11.5. The highest BCUT2D eigenvalue weighted by Crippen LogP contribution is 2.33. The first kappa shape index (κ1) is 12.4. The van der Waals surface area contributed by atoms with Gasteiger partial charge in [-0.15, -0.1) is 0 Å². The molecule has 1 saturated heterocycles. The Balaban J connectivity index is 2.02. The third kappa shape index (κ3) is 2.43. The normalized spacial score (nSPS) is 19.2. The van der Waals surface area contributed by atoms with Crippen LogP contribution in [0.15, 0.2) is 34.7 Å². The van der Waals surface area contributed by atoms with Crippen LogP contribution >= 0.6 is 0 Å². The van der Waals surface area contributed by atoms with Crippen LogP contribution in [0, 0.1) is 0 Å². The van der Waals surface area contributed by atoms with Crippen LogP contribution in [-0.2, 0) is 0 Å². The van der Waals surface area contributed by atoms with Crippen molar-refractivity contribution in [3.8, 4) is 11.3 Å². The van der Waals surface area contributed by atoms with Gasteiger partial charge in [-0.25, -0.2) is 4.98 Å². The van der Waals surface area contributed by atoms with Gasteiger partial charge in [-0.3, -0.25) is 0 Å². The molecule has 0 unspecified atom stereocenters. The third-order valence-electron chi connectivity index (χ3n) is 3.60. The Morgan fingerprint density at radius 1 is 1.26 bits per heavy atom. The van der Waals surface area contributed by atoms with E-state index in [2.05, 4.69) is 31.3 Å². The molecule has 1 atom stereocenters. The van der Waals surface area contributed by atoms with Gasteiger partial charge < -0.3 is 9.73 Å². The van der Waals surface area contributed by atoms with Crippen LogP contribution in [0.2, 0.25) is 0 Å². The molecule has 2 heterocycles. The molecule has 1 N–H and O–H groups in total. The maximum absolute atomic E-state index is 6.04. The lowest BCUT2D eigenvalue weighted by Crippen LogP contribution is -2.12. The molecule has 19 heavy (non-hydrogen) atoms. The van der Waals surface area contributed by atoms with Crippen LogP contribution in [0.3, 0.4) is 0 Å². The molecular weight excluding hydrogens is 236 g/mol. The molecule has 3 rings (SSSR count). The second-order valence-electron chi connectivity index (χ2n) is 5.43. The molecule has 1 aromatic carbocycles. The Hall–Kier alpha value is -1.61. The molecule has 1 aromatic heterocycles. The Bertz CT molecular complexity index is 539. The van der Waals surface area contributed by atoms with Crippen molar-refractivity contribution < 1.29 is 4.42 Å². The van der Waals surface area contributed by atoms with Gasteiger partial charge in [0.25, 0.3) is 0 Å². The number of nitrogens with one attached hydrogen (secondary N) is 1. The lowest BCUT2D eigenvalue weighted by Gasteiger charge is -2.04. The van der Waals surface area contributed by atoms with Gasteiger partial charge in [-0.2, -0.15) is 0 Å². The van der Waals surface area contributed by atoms with Crippen molar-refractivity contribution in [2.24, 2.45) is 0 Å². The average Bonchev–Trinajstić information content (AvgIpc) is 3.08. The maximum atomic E-state index is 6.04. The monoisotopic (exact) mass is 256 g/mol. The molecule has 0 aliphatic carbocycles. The molecule has 0 radical (unpaired) electrons. The first-order valence-corrected chi connectivity index (χ1v) is 7.05. The van der Waals surface area contributed by atoms with Gasteiger partial charge in [-0.1, -0.05) is 44.2 Å². The summed E-state index contributed by atoms with van der Waals surface area (Å²) in [5, 5.41) is 3.45. The largest absolute Gasteiger partial charge is 0.443 e. The third-order valence-corrected chi connectivity index (χ3v) is 3.60. The van der Waals surface area contributed by atoms with Crippen LogP contribution in [0.1, 0.15) is 50.3 Å². The van der Waals surface area contributed by atoms with E-state index < -0.39 is 0 Å². The van der Waals surface area contributed by atoms with E-state index in [1.807, 2.05) is 18.2 Å². The fraction of sp³-hybridized carbons (Fsp3) is 0.438. The summed E-state index contributed by atoms with van der Waals surface area (Å²) in [4.78, 5) is 4.75. The molecule has 3 nitrogen and oxygen atoms in total. The van der Waals surface area contributed by atoms with E-state index in [0.717, 1.165) is 35.9 Å². The Kier molecular flexibility index (Phi) is 3.38. The summed E-state index contributed by atoms with van der Waals surface area (Å²) < 4.78 is 6.04. The van der Waals surface area contributed by atoms with Gasteiger partial charge in [0.15, 0.2) is 0 Å². The molecule has 100 valence electrons. The number of aromatic nitrogens is 1. The van der Waals surface area contributed by atoms with E-state index in [9.17, 15) is 0 Å². The average molecular weight is 256 g/mol. The topological polar surface area (TPSA) is 38.1 Å². The zero-order chi connectivity index (χ0) is 13.2. The minimum Gasteiger partial charge on any atom is -0.443 e. The quantitative estimate of drug-likeness (QED) is 0.905. The van der Waals surface area contributed by atoms with Crippen LogP contribution in [0.25, 0.3) is 11.3 Å². The molecule has 2 aromatic rings. The summed E-state index contributed by atoms with van der Waals surface area (Å²) in [6.07, 6.45) is 2.32. The molecule has 0 spiro atoms. The molecule has 3 heteroatoms. The van der Waals surface area contributed by atoms with E-state index >= 15 is 0 Å². The van der Waals surface area contributed by atoms with Crippen molar-refractivity contribution >= 4 is 0 Å². The number of rotatable bonds is 3. The number of hydrogen-bond acceptors (Lipinski definition) is 3. The van der Waals surface area contributed by atoms with E-state index in [-0.39, 0.29) is 6.04 Å². The first-order chi connectivity index (χ1) is 9.25. The van der Waals surface area contributed by atoms with Crippen LogP contribution in [0.4, 0.5) is 0 Å². The molecule has 1 aliphatic rings.